The fourth-order valence-electron chi connectivity index (χ4n) is 6.56. The molecule has 3 unspecified atom stereocenters. The van der Waals surface area contributed by atoms with Crippen molar-refractivity contribution in [3.63, 3.8) is 0 Å². The minimum atomic E-state index is -5.12. The summed E-state index contributed by atoms with van der Waals surface area (Å²) < 4.78 is 57.3. The number of nitrogens with one attached hydrogen (secondary N) is 1. The van der Waals surface area contributed by atoms with E-state index in [0.29, 0.717) is 17.1 Å². The molecule has 0 radical (unpaired) electrons. The molecule has 60 heavy (non-hydrogen) atoms. The van der Waals surface area contributed by atoms with Gasteiger partial charge in [-0.3, -0.25) is 27.3 Å². The Bertz CT molecular complexity index is 2620. The van der Waals surface area contributed by atoms with Crippen LogP contribution in [0.25, 0.3) is 0 Å². The highest BCUT2D eigenvalue weighted by atomic mass is 32.2. The minimum Gasteiger partial charge on any atom is -0.496 e. The van der Waals surface area contributed by atoms with Gasteiger partial charge < -0.3 is 35.4 Å². The molecule has 1 aliphatic heterocycles. The number of nitrogens with two attached hydrogens (primary N) is 1. The first-order chi connectivity index (χ1) is 28.1. The van der Waals surface area contributed by atoms with Gasteiger partial charge in [-0.05, 0) is 67.8 Å². The zero-order valence-electron chi connectivity index (χ0n) is 31.7. The van der Waals surface area contributed by atoms with Crippen molar-refractivity contribution < 1.29 is 51.2 Å². The zero-order valence-corrected chi connectivity index (χ0v) is 35.2. The number of rotatable bonds is 12. The normalized spacial score (nSPS) is 15.8. The van der Waals surface area contributed by atoms with Crippen molar-refractivity contribution in [3.05, 3.63) is 126 Å². The molecule has 0 spiro atoms. The van der Waals surface area contributed by atoms with Crippen LogP contribution in [-0.2, 0) is 42.2 Å². The van der Waals surface area contributed by atoms with Gasteiger partial charge in [0.2, 0.25) is 11.4 Å². The van der Waals surface area contributed by atoms with Crippen molar-refractivity contribution in [2.24, 2.45) is 4.99 Å². The second-order valence-corrected chi connectivity index (χ2v) is 19.3. The average molecular weight is 896 g/mol. The summed E-state index contributed by atoms with van der Waals surface area (Å²) in [6.07, 6.45) is 7.40. The molecule has 5 aromatic rings. The number of ether oxygens (including phenoxy) is 1. The minimum absolute atomic E-state index is 0. The maximum absolute atomic E-state index is 13.2. The number of anilines is 2. The molecule has 1 saturated carbocycles. The van der Waals surface area contributed by atoms with Crippen LogP contribution in [0.1, 0.15) is 53.7 Å². The number of pyridine rings is 2. The number of benzene rings is 3. The lowest BCUT2D eigenvalue weighted by Gasteiger charge is -2.17. The van der Waals surface area contributed by atoms with Crippen LogP contribution in [0.4, 0.5) is 17.1 Å². The van der Waals surface area contributed by atoms with E-state index in [-0.39, 0.29) is 34.8 Å². The van der Waals surface area contributed by atoms with E-state index in [1.54, 1.807) is 12.1 Å². The summed E-state index contributed by atoms with van der Waals surface area (Å²) in [5, 5.41) is 0.709. The third-order valence-corrected chi connectivity index (χ3v) is 14.2. The Morgan fingerprint density at radius 2 is 1.55 bits per heavy atom. The lowest BCUT2D eigenvalue weighted by atomic mass is 10.2. The number of aromatic nitrogens is 2. The van der Waals surface area contributed by atoms with Crippen LogP contribution in [0.3, 0.4) is 0 Å². The molecule has 1 amide bonds. The molecule has 16 nitrogen and oxygen atoms in total. The first kappa shape index (κ1) is 46.0. The maximum Gasteiger partial charge on any atom is 0.357 e. The van der Waals surface area contributed by atoms with E-state index in [1.165, 1.54) is 49.1 Å². The van der Waals surface area contributed by atoms with E-state index in [4.69, 9.17) is 15.5 Å². The van der Waals surface area contributed by atoms with Gasteiger partial charge in [-0.2, -0.15) is 4.58 Å². The van der Waals surface area contributed by atoms with Crippen LogP contribution in [0.5, 0.6) is 5.75 Å². The first-order valence-corrected chi connectivity index (χ1v) is 23.9. The van der Waals surface area contributed by atoms with Crippen molar-refractivity contribution >= 4 is 81.8 Å². The standard InChI is InChI=1S/C20H22N3OS.C19H19N3O9P2S.CH4/c1-14-7-2-5-11-18(14)23-19-12-6-10-17(19)22-20(23)25(24)13-15-8-3-4-9-16(15)21;1-31-15-10-17(33(27,28)29)16(32(24,25)26)9-12(15)11-34(30)19-14(3-2-6-21-19)18(23)22-13-4-7-20-8-5-13;/h2-5,7-9,11,20H,6,10,12-13,21H2,1H3;2-10H,11H2,1H3,(H,20,22,23)(H2,24,25,26)(H2,27,28,29);1H4/q+1;;. The number of aliphatic imine (C=N–C) groups is 1. The summed E-state index contributed by atoms with van der Waals surface area (Å²) in [6, 6.07) is 23.5. The predicted octanol–water partition coefficient (Wildman–Crippen LogP) is 4.82. The van der Waals surface area contributed by atoms with Crippen molar-refractivity contribution in [2.75, 3.05) is 18.2 Å². The van der Waals surface area contributed by atoms with E-state index in [0.717, 1.165) is 48.4 Å². The Balaban J connectivity index is 0.000000233. The summed E-state index contributed by atoms with van der Waals surface area (Å²) in [4.78, 5) is 63.7. The number of hydrogen-bond acceptors (Lipinski definition) is 10. The van der Waals surface area contributed by atoms with Crippen LogP contribution in [0.15, 0.2) is 114 Å². The number of para-hydroxylation sites is 2. The topological polar surface area (TPSA) is 255 Å². The molecule has 1 fully saturated rings. The molecule has 7 rings (SSSR count). The SMILES string of the molecule is C.COc1cc(P(=O)(O)O)c(P(=O)(O)O)cc1CS(=O)c1ncccc1C(=O)Nc1ccncc1.Cc1ccccc1[N+]1=C2CCCC2=NC1S(=O)Cc1ccccc1N. The van der Waals surface area contributed by atoms with Gasteiger partial charge in [-0.1, -0.05) is 43.8 Å². The van der Waals surface area contributed by atoms with Crippen LogP contribution < -0.4 is 26.4 Å². The molecule has 1 aliphatic carbocycles. The molecule has 7 N–H and O–H groups in total. The molecule has 2 aliphatic rings. The highest BCUT2D eigenvalue weighted by Gasteiger charge is 2.43. The Labute approximate surface area is 351 Å². The van der Waals surface area contributed by atoms with Gasteiger partial charge in [0.05, 0.1) is 45.6 Å². The van der Waals surface area contributed by atoms with E-state index < -0.39 is 59.1 Å². The van der Waals surface area contributed by atoms with Gasteiger partial charge in [0.1, 0.15) is 27.3 Å². The van der Waals surface area contributed by atoms with Crippen molar-refractivity contribution in [1.82, 2.24) is 9.97 Å². The first-order valence-electron chi connectivity index (χ1n) is 17.9. The van der Waals surface area contributed by atoms with Gasteiger partial charge in [0.25, 0.3) is 5.91 Å². The number of carbonyl (C=O) groups excluding carboxylic acids is 1. The van der Waals surface area contributed by atoms with Gasteiger partial charge in [-0.15, -0.1) is 0 Å². The quantitative estimate of drug-likeness (QED) is 0.0559. The predicted molar refractivity (Wildman–Crippen MR) is 234 cm³/mol. The Kier molecular flexibility index (Phi) is 15.0. The van der Waals surface area contributed by atoms with Gasteiger partial charge >= 0.3 is 20.7 Å². The van der Waals surface area contributed by atoms with Crippen molar-refractivity contribution in [3.8, 4) is 5.75 Å². The number of amides is 1. The molecular weight excluding hydrogens is 851 g/mol. The molecule has 3 aromatic carbocycles. The third kappa shape index (κ3) is 10.6. The maximum atomic E-state index is 13.2. The highest BCUT2D eigenvalue weighted by Crippen LogP contribution is 2.42. The van der Waals surface area contributed by atoms with E-state index in [2.05, 4.69) is 38.9 Å². The summed E-state index contributed by atoms with van der Waals surface area (Å²) in [5.74, 6) is -0.738. The molecule has 3 heterocycles. The average Bonchev–Trinajstić information content (AvgIpc) is 3.81. The molecule has 3 atom stereocenters. The number of nitrogen functional groups attached to an aromatic ring is 1. The zero-order chi connectivity index (χ0) is 42.5. The Morgan fingerprint density at radius 1 is 0.883 bits per heavy atom. The van der Waals surface area contributed by atoms with E-state index >= 15 is 0 Å². The molecule has 20 heteroatoms. The number of hydrogen-bond donors (Lipinski definition) is 6. The monoisotopic (exact) mass is 895 g/mol. The smallest absolute Gasteiger partial charge is 0.357 e. The Morgan fingerprint density at radius 3 is 2.22 bits per heavy atom. The fourth-order valence-corrected chi connectivity index (χ4v) is 11.3. The van der Waals surface area contributed by atoms with E-state index in [9.17, 15) is 41.9 Å². The highest BCUT2D eigenvalue weighted by molar-refractivity contribution is 7.84. The van der Waals surface area contributed by atoms with Gasteiger partial charge in [0.15, 0.2) is 0 Å². The molecule has 2 aromatic heterocycles. The summed E-state index contributed by atoms with van der Waals surface area (Å²) in [6.45, 7) is 2.10. The summed E-state index contributed by atoms with van der Waals surface area (Å²) in [5.41, 5.74) is 12.4. The van der Waals surface area contributed by atoms with Gasteiger partial charge in [0, 0.05) is 53.6 Å². The molecule has 0 saturated heterocycles. The lowest BCUT2D eigenvalue weighted by molar-refractivity contribution is -0.451. The number of fused-ring (bicyclic) bond motifs is 1. The van der Waals surface area contributed by atoms with Crippen LogP contribution in [-0.4, -0.2) is 72.5 Å². The molecular formula is C40H45N6O10P2S2+. The van der Waals surface area contributed by atoms with Crippen LogP contribution >= 0.6 is 15.2 Å². The Hall–Kier alpha value is -5.03. The second-order valence-electron chi connectivity index (χ2n) is 13.4. The van der Waals surface area contributed by atoms with Crippen LogP contribution in [0.2, 0.25) is 0 Å². The third-order valence-electron chi connectivity index (χ3n) is 9.36. The number of aryl methyl sites for hydroxylation is 1. The summed E-state index contributed by atoms with van der Waals surface area (Å²) >= 11 is 0. The second kappa shape index (κ2) is 19.6. The summed E-state index contributed by atoms with van der Waals surface area (Å²) in [7, 11) is -12.2. The molecule has 0 bridgehead atoms. The molecule has 316 valence electrons. The number of nitrogens with zero attached hydrogens (tertiary/aromatic N) is 4. The van der Waals surface area contributed by atoms with Crippen molar-refractivity contribution in [1.29, 1.82) is 0 Å². The van der Waals surface area contributed by atoms with Crippen molar-refractivity contribution in [2.45, 2.75) is 55.6 Å². The van der Waals surface area contributed by atoms with Crippen LogP contribution in [0, 0.1) is 6.92 Å². The lowest BCUT2D eigenvalue weighted by Crippen LogP contribution is -2.27. The number of carbonyl (C=O) groups is 1. The van der Waals surface area contributed by atoms with E-state index in [1.807, 2.05) is 36.4 Å². The largest absolute Gasteiger partial charge is 0.496 e. The fraction of sp³-hybridized carbons (Fsp3) is 0.225. The van der Waals surface area contributed by atoms with Gasteiger partial charge in [-0.25, -0.2) is 9.98 Å². The number of methoxy groups -OCH3 is 1.